The molecule has 3 fully saturated rings. The number of ether oxygens (including phenoxy) is 1. The minimum Gasteiger partial charge on any atom is -0.469 e. The van der Waals surface area contributed by atoms with Gasteiger partial charge in [-0.05, 0) is 31.4 Å². The number of rotatable bonds is 5. The summed E-state index contributed by atoms with van der Waals surface area (Å²) in [5.41, 5.74) is 0. The van der Waals surface area contributed by atoms with Gasteiger partial charge in [0, 0.05) is 51.2 Å². The van der Waals surface area contributed by atoms with E-state index in [4.69, 9.17) is 14.1 Å². The molecule has 4 rings (SSSR count). The van der Waals surface area contributed by atoms with Crippen molar-refractivity contribution < 1.29 is 9.15 Å². The van der Waals surface area contributed by atoms with Gasteiger partial charge in [0.15, 0.2) is 5.96 Å². The molecule has 1 aliphatic carbocycles. The average Bonchev–Trinajstić information content (AvgIpc) is 3.44. The monoisotopic (exact) mass is 488 g/mol. The molecule has 1 aromatic heterocycles. The predicted octanol–water partition coefficient (Wildman–Crippen LogP) is 2.73. The van der Waals surface area contributed by atoms with Crippen molar-refractivity contribution in [2.45, 2.75) is 50.6 Å². The van der Waals surface area contributed by atoms with E-state index < -0.39 is 0 Å². The van der Waals surface area contributed by atoms with E-state index >= 15 is 0 Å². The van der Waals surface area contributed by atoms with Gasteiger partial charge in [0.25, 0.3) is 0 Å². The summed E-state index contributed by atoms with van der Waals surface area (Å²) in [6.07, 6.45) is 9.06. The van der Waals surface area contributed by atoms with E-state index in [0.29, 0.717) is 12.1 Å². The molecule has 1 N–H and O–H groups in total. The number of hydrogen-bond donors (Lipinski definition) is 1. The van der Waals surface area contributed by atoms with Gasteiger partial charge in [0.1, 0.15) is 5.76 Å². The van der Waals surface area contributed by atoms with Crippen molar-refractivity contribution in [3.05, 3.63) is 24.2 Å². The van der Waals surface area contributed by atoms with Crippen LogP contribution in [0, 0.1) is 0 Å². The van der Waals surface area contributed by atoms with E-state index in [0.717, 1.165) is 64.1 Å². The molecule has 3 heterocycles. The standard InChI is InChI=1S/C20H32N4O2.HI/c1-2-5-17(4-1)22-20(21-9-7-19-6-3-13-26-19)24-10-8-18(16-24)23-11-14-25-15-12-23;/h3,6,13,17-18H,1-2,4-5,7-12,14-16H2,(H,21,22);1H. The van der Waals surface area contributed by atoms with E-state index in [2.05, 4.69) is 15.1 Å². The fourth-order valence-corrected chi connectivity index (χ4v) is 4.39. The summed E-state index contributed by atoms with van der Waals surface area (Å²) in [5, 5.41) is 3.76. The van der Waals surface area contributed by atoms with Gasteiger partial charge in [-0.3, -0.25) is 9.89 Å². The topological polar surface area (TPSA) is 53.2 Å². The van der Waals surface area contributed by atoms with Crippen molar-refractivity contribution in [1.29, 1.82) is 0 Å². The van der Waals surface area contributed by atoms with Crippen molar-refractivity contribution >= 4 is 29.9 Å². The first-order valence-electron chi connectivity index (χ1n) is 10.3. The van der Waals surface area contributed by atoms with E-state index in [1.165, 1.54) is 32.1 Å². The summed E-state index contributed by atoms with van der Waals surface area (Å²) in [6, 6.07) is 5.22. The number of halogens is 1. The number of nitrogens with one attached hydrogen (secondary N) is 1. The molecule has 0 bridgehead atoms. The molecule has 0 amide bonds. The quantitative estimate of drug-likeness (QED) is 0.393. The molecular weight excluding hydrogens is 455 g/mol. The number of guanidine groups is 1. The normalized spacial score (nSPS) is 25.0. The summed E-state index contributed by atoms with van der Waals surface area (Å²) in [4.78, 5) is 10.0. The number of nitrogens with zero attached hydrogens (tertiary/aromatic N) is 3. The van der Waals surface area contributed by atoms with E-state index in [1.807, 2.05) is 12.1 Å². The number of likely N-dealkylation sites (tertiary alicyclic amines) is 1. The molecule has 3 aliphatic rings. The first-order valence-corrected chi connectivity index (χ1v) is 10.3. The zero-order chi connectivity index (χ0) is 17.6. The van der Waals surface area contributed by atoms with Gasteiger partial charge in [0.2, 0.25) is 0 Å². The van der Waals surface area contributed by atoms with Crippen LogP contribution in [0.15, 0.2) is 27.8 Å². The number of hydrogen-bond acceptors (Lipinski definition) is 4. The molecule has 6 nitrogen and oxygen atoms in total. The predicted molar refractivity (Wildman–Crippen MR) is 118 cm³/mol. The lowest BCUT2D eigenvalue weighted by Gasteiger charge is -2.32. The first kappa shape index (κ1) is 20.9. The Balaban J connectivity index is 0.00000210. The van der Waals surface area contributed by atoms with Crippen LogP contribution in [0.3, 0.4) is 0 Å². The van der Waals surface area contributed by atoms with Gasteiger partial charge in [-0.15, -0.1) is 24.0 Å². The van der Waals surface area contributed by atoms with Gasteiger partial charge < -0.3 is 19.4 Å². The highest BCUT2D eigenvalue weighted by molar-refractivity contribution is 14.0. The van der Waals surface area contributed by atoms with Crippen LogP contribution >= 0.6 is 24.0 Å². The molecule has 0 radical (unpaired) electrons. The average molecular weight is 488 g/mol. The van der Waals surface area contributed by atoms with Gasteiger partial charge in [-0.1, -0.05) is 12.8 Å². The van der Waals surface area contributed by atoms with Crippen LogP contribution in [0.1, 0.15) is 37.9 Å². The Labute approximate surface area is 179 Å². The van der Waals surface area contributed by atoms with E-state index in [9.17, 15) is 0 Å². The second-order valence-electron chi connectivity index (χ2n) is 7.70. The lowest BCUT2D eigenvalue weighted by atomic mass is 10.2. The van der Waals surface area contributed by atoms with Gasteiger partial charge in [0.05, 0.1) is 19.5 Å². The maximum absolute atomic E-state index is 5.51. The lowest BCUT2D eigenvalue weighted by molar-refractivity contribution is 0.0194. The van der Waals surface area contributed by atoms with Crippen molar-refractivity contribution in [2.75, 3.05) is 45.9 Å². The maximum Gasteiger partial charge on any atom is 0.194 e. The zero-order valence-electron chi connectivity index (χ0n) is 16.1. The molecule has 2 saturated heterocycles. The van der Waals surface area contributed by atoms with E-state index in [-0.39, 0.29) is 24.0 Å². The molecule has 27 heavy (non-hydrogen) atoms. The van der Waals surface area contributed by atoms with Crippen LogP contribution in [0.5, 0.6) is 0 Å². The second kappa shape index (κ2) is 10.7. The molecule has 1 atom stereocenters. The molecule has 1 saturated carbocycles. The van der Waals surface area contributed by atoms with Gasteiger partial charge >= 0.3 is 0 Å². The minimum absolute atomic E-state index is 0. The number of aliphatic imine (C=N–C) groups is 1. The Morgan fingerprint density at radius 3 is 2.70 bits per heavy atom. The van der Waals surface area contributed by atoms with Crippen LogP contribution < -0.4 is 5.32 Å². The molecule has 7 heteroatoms. The SMILES string of the molecule is I.c1coc(CCN=C(NC2CCCC2)N2CCC(N3CCOCC3)C2)c1. The third-order valence-corrected chi connectivity index (χ3v) is 5.91. The largest absolute Gasteiger partial charge is 0.469 e. The van der Waals surface area contributed by atoms with Crippen molar-refractivity contribution in [2.24, 2.45) is 4.99 Å². The molecule has 1 aromatic rings. The Kier molecular flexibility index (Phi) is 8.26. The Hall–Kier alpha value is -0.800. The van der Waals surface area contributed by atoms with Crippen LogP contribution in [0.2, 0.25) is 0 Å². The van der Waals surface area contributed by atoms with Crippen molar-refractivity contribution in [3.63, 3.8) is 0 Å². The lowest BCUT2D eigenvalue weighted by Crippen LogP contribution is -2.48. The highest BCUT2D eigenvalue weighted by atomic mass is 127. The van der Waals surface area contributed by atoms with Gasteiger partial charge in [-0.2, -0.15) is 0 Å². The fraction of sp³-hybridized carbons (Fsp3) is 0.750. The summed E-state index contributed by atoms with van der Waals surface area (Å²) < 4.78 is 11.0. The third kappa shape index (κ3) is 5.84. The number of morpholine rings is 1. The molecule has 152 valence electrons. The summed E-state index contributed by atoms with van der Waals surface area (Å²) >= 11 is 0. The molecule has 2 aliphatic heterocycles. The number of furan rings is 1. The Bertz CT molecular complexity index is 569. The van der Waals surface area contributed by atoms with Crippen LogP contribution in [0.25, 0.3) is 0 Å². The summed E-state index contributed by atoms with van der Waals surface area (Å²) in [7, 11) is 0. The first-order chi connectivity index (χ1) is 12.9. The van der Waals surface area contributed by atoms with Crippen LogP contribution in [-0.2, 0) is 11.2 Å². The zero-order valence-corrected chi connectivity index (χ0v) is 18.5. The highest BCUT2D eigenvalue weighted by Gasteiger charge is 2.31. The van der Waals surface area contributed by atoms with Crippen LogP contribution in [0.4, 0.5) is 0 Å². The van der Waals surface area contributed by atoms with E-state index in [1.54, 1.807) is 6.26 Å². The summed E-state index contributed by atoms with van der Waals surface area (Å²) in [6.45, 7) is 6.85. The minimum atomic E-state index is 0. The third-order valence-electron chi connectivity index (χ3n) is 5.91. The maximum atomic E-state index is 5.51. The Morgan fingerprint density at radius 2 is 1.96 bits per heavy atom. The molecular formula is C20H33IN4O2. The smallest absolute Gasteiger partial charge is 0.194 e. The van der Waals surface area contributed by atoms with Crippen molar-refractivity contribution in [1.82, 2.24) is 15.1 Å². The summed E-state index contributed by atoms with van der Waals surface area (Å²) in [5.74, 6) is 2.13. The molecule has 0 aromatic carbocycles. The molecule has 1 unspecified atom stereocenters. The Morgan fingerprint density at radius 1 is 1.15 bits per heavy atom. The fourth-order valence-electron chi connectivity index (χ4n) is 4.39. The second-order valence-corrected chi connectivity index (χ2v) is 7.70. The molecule has 0 spiro atoms. The highest BCUT2D eigenvalue weighted by Crippen LogP contribution is 2.20. The van der Waals surface area contributed by atoms with Crippen LogP contribution in [-0.4, -0.2) is 73.8 Å². The van der Waals surface area contributed by atoms with Gasteiger partial charge in [-0.25, -0.2) is 0 Å². The van der Waals surface area contributed by atoms with Crippen molar-refractivity contribution in [3.8, 4) is 0 Å².